The normalized spacial score (nSPS) is 19.5. The summed E-state index contributed by atoms with van der Waals surface area (Å²) >= 11 is 0. The Hall–Kier alpha value is -2.09. The maximum Gasteiger partial charge on any atom is 0.230 e. The van der Waals surface area contributed by atoms with Gasteiger partial charge in [0.15, 0.2) is 0 Å². The van der Waals surface area contributed by atoms with E-state index in [1.54, 1.807) is 0 Å². The molecule has 0 aliphatic carbocycles. The minimum absolute atomic E-state index is 0.0132. The van der Waals surface area contributed by atoms with Crippen LogP contribution in [0.25, 0.3) is 0 Å². The van der Waals surface area contributed by atoms with Gasteiger partial charge in [-0.05, 0) is 30.4 Å². The lowest BCUT2D eigenvalue weighted by molar-refractivity contribution is -0.133. The molecule has 2 nitrogen and oxygen atoms in total. The van der Waals surface area contributed by atoms with Gasteiger partial charge in [0.1, 0.15) is 0 Å². The van der Waals surface area contributed by atoms with Gasteiger partial charge in [0.2, 0.25) is 5.91 Å². The van der Waals surface area contributed by atoms with E-state index in [2.05, 4.69) is 54.3 Å². The van der Waals surface area contributed by atoms with E-state index < -0.39 is 0 Å². The predicted octanol–water partition coefficient (Wildman–Crippen LogP) is 4.98. The van der Waals surface area contributed by atoms with Gasteiger partial charge in [-0.25, -0.2) is 0 Å². The third-order valence-electron chi connectivity index (χ3n) is 5.16. The van der Waals surface area contributed by atoms with Crippen LogP contribution in [0, 0.1) is 0 Å². The molecule has 3 rings (SSSR count). The van der Waals surface area contributed by atoms with Crippen molar-refractivity contribution in [2.24, 2.45) is 0 Å². The molecule has 0 radical (unpaired) electrons. The van der Waals surface area contributed by atoms with Crippen molar-refractivity contribution < 1.29 is 4.79 Å². The first-order valence-electron chi connectivity index (χ1n) is 9.18. The zero-order valence-corrected chi connectivity index (χ0v) is 14.5. The second-order valence-electron chi connectivity index (χ2n) is 6.76. The fourth-order valence-electron chi connectivity index (χ4n) is 3.80. The van der Waals surface area contributed by atoms with Crippen LogP contribution >= 0.6 is 0 Å². The number of hydrogen-bond acceptors (Lipinski definition) is 1. The van der Waals surface area contributed by atoms with Gasteiger partial charge in [-0.1, -0.05) is 74.0 Å². The topological polar surface area (TPSA) is 20.3 Å². The van der Waals surface area contributed by atoms with Gasteiger partial charge in [-0.3, -0.25) is 4.79 Å². The Morgan fingerprint density at radius 2 is 1.71 bits per heavy atom. The second-order valence-corrected chi connectivity index (χ2v) is 6.76. The number of hydrogen-bond donors (Lipinski definition) is 0. The van der Waals surface area contributed by atoms with E-state index in [1.165, 1.54) is 18.4 Å². The van der Waals surface area contributed by atoms with Gasteiger partial charge < -0.3 is 4.90 Å². The summed E-state index contributed by atoms with van der Waals surface area (Å²) in [5, 5.41) is 0. The van der Waals surface area contributed by atoms with Crippen molar-refractivity contribution in [1.82, 2.24) is 4.90 Å². The van der Waals surface area contributed by atoms with Crippen LogP contribution in [0.5, 0.6) is 0 Å². The molecule has 2 heteroatoms. The summed E-state index contributed by atoms with van der Waals surface area (Å²) in [6, 6.07) is 20.9. The lowest BCUT2D eigenvalue weighted by atomic mass is 9.92. The molecule has 1 heterocycles. The number of nitrogens with zero attached hydrogens (tertiary/aromatic N) is 1. The molecule has 1 aliphatic heterocycles. The average Bonchev–Trinajstić information content (AvgIpc) is 2.90. The predicted molar refractivity (Wildman–Crippen MR) is 99.1 cm³/mol. The Balaban J connectivity index is 1.77. The first kappa shape index (κ1) is 16.8. The van der Waals surface area contributed by atoms with Crippen molar-refractivity contribution in [2.45, 2.75) is 44.4 Å². The van der Waals surface area contributed by atoms with Crippen LogP contribution in [0.4, 0.5) is 0 Å². The van der Waals surface area contributed by atoms with Crippen molar-refractivity contribution >= 4 is 5.91 Å². The second kappa shape index (κ2) is 8.14. The molecule has 0 saturated carbocycles. The van der Waals surface area contributed by atoms with E-state index in [9.17, 15) is 4.79 Å². The van der Waals surface area contributed by atoms with Crippen LogP contribution in [0.15, 0.2) is 60.7 Å². The summed E-state index contributed by atoms with van der Waals surface area (Å²) in [7, 11) is 0. The van der Waals surface area contributed by atoms with Crippen molar-refractivity contribution in [1.29, 1.82) is 0 Å². The third-order valence-corrected chi connectivity index (χ3v) is 5.16. The number of likely N-dealkylation sites (tertiary alicyclic amines) is 1. The van der Waals surface area contributed by atoms with Gasteiger partial charge in [0, 0.05) is 19.0 Å². The molecule has 24 heavy (non-hydrogen) atoms. The van der Waals surface area contributed by atoms with E-state index in [-0.39, 0.29) is 5.92 Å². The zero-order chi connectivity index (χ0) is 16.8. The minimum Gasteiger partial charge on any atom is -0.342 e. The van der Waals surface area contributed by atoms with Crippen molar-refractivity contribution in [3.8, 4) is 0 Å². The van der Waals surface area contributed by atoms with Crippen LogP contribution in [0.2, 0.25) is 0 Å². The number of rotatable bonds is 4. The zero-order valence-electron chi connectivity index (χ0n) is 14.5. The van der Waals surface area contributed by atoms with Crippen LogP contribution < -0.4 is 0 Å². The van der Waals surface area contributed by atoms with Crippen molar-refractivity contribution in [3.63, 3.8) is 0 Å². The summed E-state index contributed by atoms with van der Waals surface area (Å²) < 4.78 is 0. The number of carbonyl (C=O) groups excluding carboxylic acids is 1. The average molecular weight is 321 g/mol. The maximum atomic E-state index is 13.2. The third kappa shape index (κ3) is 3.87. The van der Waals surface area contributed by atoms with E-state index in [1.807, 2.05) is 18.2 Å². The number of carbonyl (C=O) groups is 1. The molecule has 2 aromatic rings. The molecule has 0 spiro atoms. The highest BCUT2D eigenvalue weighted by atomic mass is 16.2. The smallest absolute Gasteiger partial charge is 0.230 e. The van der Waals surface area contributed by atoms with Gasteiger partial charge in [0.05, 0.1) is 5.92 Å². The molecule has 2 atom stereocenters. The van der Waals surface area contributed by atoms with Crippen LogP contribution in [-0.4, -0.2) is 23.9 Å². The monoisotopic (exact) mass is 321 g/mol. The summed E-state index contributed by atoms with van der Waals surface area (Å²) in [5.74, 6) is 0.748. The van der Waals surface area contributed by atoms with Gasteiger partial charge >= 0.3 is 0 Å². The summed E-state index contributed by atoms with van der Waals surface area (Å²) in [6.07, 6.45) is 4.34. The van der Waals surface area contributed by atoms with Crippen molar-refractivity contribution in [2.75, 3.05) is 13.1 Å². The van der Waals surface area contributed by atoms with E-state index in [4.69, 9.17) is 0 Å². The van der Waals surface area contributed by atoms with Gasteiger partial charge in [0.25, 0.3) is 0 Å². The SMILES string of the molecule is CCC(C(=O)N1CCCCC(c2ccccc2)C1)c1ccccc1. The largest absolute Gasteiger partial charge is 0.342 e. The highest BCUT2D eigenvalue weighted by Crippen LogP contribution is 2.29. The summed E-state index contributed by atoms with van der Waals surface area (Å²) in [4.78, 5) is 15.3. The van der Waals surface area contributed by atoms with Gasteiger partial charge in [-0.15, -0.1) is 0 Å². The molecule has 1 saturated heterocycles. The van der Waals surface area contributed by atoms with Crippen molar-refractivity contribution in [3.05, 3.63) is 71.8 Å². The molecule has 0 aromatic heterocycles. The highest BCUT2D eigenvalue weighted by Gasteiger charge is 2.28. The number of benzene rings is 2. The Bertz CT molecular complexity index is 638. The minimum atomic E-state index is -0.0132. The Labute approximate surface area is 145 Å². The Kier molecular flexibility index (Phi) is 5.68. The van der Waals surface area contributed by atoms with E-state index in [0.29, 0.717) is 11.8 Å². The lowest BCUT2D eigenvalue weighted by Gasteiger charge is -2.28. The fraction of sp³-hybridized carbons (Fsp3) is 0.409. The molecule has 2 unspecified atom stereocenters. The van der Waals surface area contributed by atoms with E-state index >= 15 is 0 Å². The van der Waals surface area contributed by atoms with E-state index in [0.717, 1.165) is 31.5 Å². The number of amides is 1. The molecular formula is C22H27NO. The Morgan fingerprint density at radius 1 is 1.04 bits per heavy atom. The molecule has 2 aromatic carbocycles. The standard InChI is InChI=1S/C22H27NO/c1-2-21(19-13-7-4-8-14-19)22(24)23-16-10-9-15-20(17-23)18-11-5-3-6-12-18/h3-8,11-14,20-21H,2,9-10,15-17H2,1H3. The molecular weight excluding hydrogens is 294 g/mol. The van der Waals surface area contributed by atoms with Crippen LogP contribution in [0.1, 0.15) is 55.6 Å². The van der Waals surface area contributed by atoms with Crippen LogP contribution in [0.3, 0.4) is 0 Å². The maximum absolute atomic E-state index is 13.2. The molecule has 1 amide bonds. The molecule has 1 fully saturated rings. The molecule has 0 N–H and O–H groups in total. The molecule has 126 valence electrons. The first-order valence-corrected chi connectivity index (χ1v) is 9.18. The first-order chi connectivity index (χ1) is 11.8. The molecule has 0 bridgehead atoms. The molecule has 1 aliphatic rings. The fourth-order valence-corrected chi connectivity index (χ4v) is 3.80. The Morgan fingerprint density at radius 3 is 2.38 bits per heavy atom. The van der Waals surface area contributed by atoms with Gasteiger partial charge in [-0.2, -0.15) is 0 Å². The highest BCUT2D eigenvalue weighted by molar-refractivity contribution is 5.83. The van der Waals surface area contributed by atoms with Crippen LogP contribution in [-0.2, 0) is 4.79 Å². The summed E-state index contributed by atoms with van der Waals surface area (Å²) in [6.45, 7) is 3.86. The lowest BCUT2D eigenvalue weighted by Crippen LogP contribution is -2.37. The summed E-state index contributed by atoms with van der Waals surface area (Å²) in [5.41, 5.74) is 2.51. The quantitative estimate of drug-likeness (QED) is 0.778.